The fraction of sp³-hybridized carbons (Fsp3) is 0.560. The molecule has 1 aliphatic rings. The molecule has 0 saturated heterocycles. The van der Waals surface area contributed by atoms with E-state index in [4.69, 9.17) is 0 Å². The molecule has 1 aliphatic carbocycles. The van der Waals surface area contributed by atoms with E-state index in [1.165, 1.54) is 37.7 Å². The molecule has 6 nitrogen and oxygen atoms in total. The third-order valence-corrected chi connectivity index (χ3v) is 5.83. The molecule has 1 saturated carbocycles. The van der Waals surface area contributed by atoms with Crippen molar-refractivity contribution < 1.29 is 4.79 Å². The monoisotopic (exact) mass is 423 g/mol. The first-order valence-corrected chi connectivity index (χ1v) is 11.7. The van der Waals surface area contributed by atoms with Crippen LogP contribution in [0, 0.1) is 11.8 Å². The maximum absolute atomic E-state index is 12.9. The van der Waals surface area contributed by atoms with Crippen LogP contribution in [0.25, 0.3) is 0 Å². The van der Waals surface area contributed by atoms with Crippen LogP contribution in [0.3, 0.4) is 0 Å². The van der Waals surface area contributed by atoms with Crippen molar-refractivity contribution in [3.8, 4) is 0 Å². The summed E-state index contributed by atoms with van der Waals surface area (Å²) in [7, 11) is 0. The Morgan fingerprint density at radius 2 is 1.87 bits per heavy atom. The second kappa shape index (κ2) is 12.3. The summed E-state index contributed by atoms with van der Waals surface area (Å²) in [6.07, 6.45) is 9.89. The van der Waals surface area contributed by atoms with Crippen LogP contribution < -0.4 is 16.0 Å². The zero-order valence-electron chi connectivity index (χ0n) is 18.9. The van der Waals surface area contributed by atoms with Gasteiger partial charge in [-0.2, -0.15) is 4.98 Å². The Kier molecular flexibility index (Phi) is 9.13. The molecule has 1 aromatic heterocycles. The molecule has 0 spiro atoms. The van der Waals surface area contributed by atoms with Gasteiger partial charge in [0.05, 0.1) is 0 Å². The Labute approximate surface area is 186 Å². The topological polar surface area (TPSA) is 78.9 Å². The van der Waals surface area contributed by atoms with Crippen molar-refractivity contribution in [2.45, 2.75) is 64.8 Å². The minimum atomic E-state index is -0.322. The number of benzene rings is 1. The predicted octanol–water partition coefficient (Wildman–Crippen LogP) is 4.65. The largest absolute Gasteiger partial charge is 0.358 e. The number of anilines is 2. The summed E-state index contributed by atoms with van der Waals surface area (Å²) in [5.41, 5.74) is 1.22. The third kappa shape index (κ3) is 8.19. The van der Waals surface area contributed by atoms with Crippen molar-refractivity contribution in [3.63, 3.8) is 0 Å². The van der Waals surface area contributed by atoms with Crippen LogP contribution in [0.5, 0.6) is 0 Å². The van der Waals surface area contributed by atoms with Crippen LogP contribution in [0.4, 0.5) is 11.8 Å². The maximum Gasteiger partial charge on any atom is 0.242 e. The Balaban J connectivity index is 1.53. The van der Waals surface area contributed by atoms with E-state index in [1.54, 1.807) is 6.20 Å². The number of carbonyl (C=O) groups excluding carboxylic acids is 1. The average Bonchev–Trinajstić information content (AvgIpc) is 2.78. The number of hydrogen-bond acceptors (Lipinski definition) is 5. The van der Waals surface area contributed by atoms with Gasteiger partial charge in [0.15, 0.2) is 0 Å². The number of aromatic nitrogens is 2. The lowest BCUT2D eigenvalue weighted by Crippen LogP contribution is -2.41. The molecule has 1 fully saturated rings. The van der Waals surface area contributed by atoms with Gasteiger partial charge < -0.3 is 16.0 Å². The highest BCUT2D eigenvalue weighted by atomic mass is 16.2. The van der Waals surface area contributed by atoms with Crippen molar-refractivity contribution >= 4 is 17.7 Å². The smallest absolute Gasteiger partial charge is 0.242 e. The standard InChI is InChI=1S/C25H37N5O/c1-19(2)17-22(24(31)26-15-13-20-9-5-3-6-10-20)29-23-14-16-27-25(30-23)28-18-21-11-7-4-8-12-21/h3,5-6,9-10,14,16,19,21-22H,4,7-8,11-13,15,17-18H2,1-2H3,(H,26,31)(H2,27,28,29,30)/t22-/m0/s1. The van der Waals surface area contributed by atoms with Gasteiger partial charge >= 0.3 is 0 Å². The molecular weight excluding hydrogens is 386 g/mol. The molecular formula is C25H37N5O. The molecule has 0 radical (unpaired) electrons. The molecule has 2 aromatic rings. The van der Waals surface area contributed by atoms with Gasteiger partial charge in [0.25, 0.3) is 0 Å². The summed E-state index contributed by atoms with van der Waals surface area (Å²) in [4.78, 5) is 21.8. The number of hydrogen-bond donors (Lipinski definition) is 3. The van der Waals surface area contributed by atoms with E-state index in [-0.39, 0.29) is 11.9 Å². The van der Waals surface area contributed by atoms with Crippen LogP contribution in [0.2, 0.25) is 0 Å². The van der Waals surface area contributed by atoms with Gasteiger partial charge in [0.2, 0.25) is 11.9 Å². The number of amides is 1. The number of nitrogens with zero attached hydrogens (tertiary/aromatic N) is 2. The summed E-state index contributed by atoms with van der Waals surface area (Å²) >= 11 is 0. The van der Waals surface area contributed by atoms with Crippen molar-refractivity contribution in [1.82, 2.24) is 15.3 Å². The summed E-state index contributed by atoms with van der Waals surface area (Å²) in [5, 5.41) is 9.80. The van der Waals surface area contributed by atoms with Crippen LogP contribution in [0.15, 0.2) is 42.6 Å². The molecule has 168 valence electrons. The fourth-order valence-corrected chi connectivity index (χ4v) is 4.13. The molecule has 0 aliphatic heterocycles. The van der Waals surface area contributed by atoms with E-state index in [9.17, 15) is 4.79 Å². The van der Waals surface area contributed by atoms with Crippen LogP contribution in [0.1, 0.15) is 57.9 Å². The van der Waals surface area contributed by atoms with Crippen LogP contribution in [-0.4, -0.2) is 35.0 Å². The molecule has 1 aromatic carbocycles. The van der Waals surface area contributed by atoms with Crippen LogP contribution >= 0.6 is 0 Å². The zero-order valence-corrected chi connectivity index (χ0v) is 18.9. The molecule has 31 heavy (non-hydrogen) atoms. The Bertz CT molecular complexity index is 790. The molecule has 0 unspecified atom stereocenters. The maximum atomic E-state index is 12.9. The normalized spacial score (nSPS) is 15.5. The first-order valence-electron chi connectivity index (χ1n) is 11.7. The first-order chi connectivity index (χ1) is 15.1. The van der Waals surface area contributed by atoms with Crippen molar-refractivity contribution in [3.05, 3.63) is 48.2 Å². The van der Waals surface area contributed by atoms with E-state index in [2.05, 4.69) is 51.9 Å². The van der Waals surface area contributed by atoms with Gasteiger partial charge in [-0.3, -0.25) is 4.79 Å². The second-order valence-electron chi connectivity index (χ2n) is 9.00. The Morgan fingerprint density at radius 1 is 1.10 bits per heavy atom. The second-order valence-corrected chi connectivity index (χ2v) is 9.00. The minimum absolute atomic E-state index is 0.0139. The molecule has 3 rings (SSSR count). The van der Waals surface area contributed by atoms with Crippen molar-refractivity contribution in [2.75, 3.05) is 23.7 Å². The van der Waals surface area contributed by atoms with Crippen molar-refractivity contribution in [2.24, 2.45) is 11.8 Å². The fourth-order valence-electron chi connectivity index (χ4n) is 4.13. The highest BCUT2D eigenvalue weighted by molar-refractivity contribution is 5.84. The van der Waals surface area contributed by atoms with E-state index in [0.717, 1.165) is 19.4 Å². The van der Waals surface area contributed by atoms with Gasteiger partial charge in [-0.1, -0.05) is 63.4 Å². The van der Waals surface area contributed by atoms with E-state index >= 15 is 0 Å². The number of carbonyl (C=O) groups is 1. The van der Waals surface area contributed by atoms with Gasteiger partial charge in [0, 0.05) is 19.3 Å². The summed E-state index contributed by atoms with van der Waals surface area (Å²) in [6.45, 7) is 5.79. The molecule has 1 heterocycles. The summed E-state index contributed by atoms with van der Waals surface area (Å²) in [5.74, 6) is 2.43. The quantitative estimate of drug-likeness (QED) is 0.490. The van der Waals surface area contributed by atoms with E-state index in [0.29, 0.717) is 30.1 Å². The highest BCUT2D eigenvalue weighted by Crippen LogP contribution is 2.23. The Hall–Kier alpha value is -2.63. The average molecular weight is 424 g/mol. The lowest BCUT2D eigenvalue weighted by Gasteiger charge is -2.22. The van der Waals surface area contributed by atoms with Gasteiger partial charge in [-0.25, -0.2) is 4.98 Å². The van der Waals surface area contributed by atoms with Crippen molar-refractivity contribution in [1.29, 1.82) is 0 Å². The number of nitrogens with one attached hydrogen (secondary N) is 3. The van der Waals surface area contributed by atoms with Gasteiger partial charge in [0.1, 0.15) is 11.9 Å². The van der Waals surface area contributed by atoms with Gasteiger partial charge in [-0.05, 0) is 49.1 Å². The minimum Gasteiger partial charge on any atom is -0.358 e. The lowest BCUT2D eigenvalue weighted by molar-refractivity contribution is -0.122. The van der Waals surface area contributed by atoms with Gasteiger partial charge in [-0.15, -0.1) is 0 Å². The first kappa shape index (κ1) is 23.0. The summed E-state index contributed by atoms with van der Waals surface area (Å²) in [6, 6.07) is 11.7. The molecule has 3 N–H and O–H groups in total. The van der Waals surface area contributed by atoms with Crippen LogP contribution in [-0.2, 0) is 11.2 Å². The number of rotatable bonds is 11. The Morgan fingerprint density at radius 3 is 2.61 bits per heavy atom. The molecule has 6 heteroatoms. The molecule has 0 bridgehead atoms. The SMILES string of the molecule is CC(C)C[C@H](Nc1ccnc(NCC2CCCCC2)n1)C(=O)NCCc1ccccc1. The molecule has 1 amide bonds. The van der Waals surface area contributed by atoms with E-state index in [1.807, 2.05) is 24.3 Å². The third-order valence-electron chi connectivity index (χ3n) is 5.83. The highest BCUT2D eigenvalue weighted by Gasteiger charge is 2.20. The summed E-state index contributed by atoms with van der Waals surface area (Å²) < 4.78 is 0. The lowest BCUT2D eigenvalue weighted by atomic mass is 9.89. The molecule has 1 atom stereocenters. The zero-order chi connectivity index (χ0) is 21.9. The predicted molar refractivity (Wildman–Crippen MR) is 127 cm³/mol. The van der Waals surface area contributed by atoms with E-state index < -0.39 is 0 Å².